The first-order valence-corrected chi connectivity index (χ1v) is 9.68. The molecule has 2 aromatic carbocycles. The average molecular weight is 465 g/mol. The first kappa shape index (κ1) is 21.6. The first-order chi connectivity index (χ1) is 13.6. The molecular formula is C22H26BrFN2O3. The Morgan fingerprint density at radius 3 is 2.34 bits per heavy atom. The van der Waals surface area contributed by atoms with E-state index in [4.69, 9.17) is 9.47 Å². The number of hydrogen-bond donors (Lipinski definition) is 1. The van der Waals surface area contributed by atoms with Crippen molar-refractivity contribution in [2.75, 3.05) is 32.2 Å². The van der Waals surface area contributed by atoms with Gasteiger partial charge >= 0.3 is 0 Å². The van der Waals surface area contributed by atoms with Gasteiger partial charge in [-0.15, -0.1) is 0 Å². The summed E-state index contributed by atoms with van der Waals surface area (Å²) >= 11 is 0. The Hall–Kier alpha value is -2.12. The average Bonchev–Trinajstić information content (AvgIpc) is 2.84. The van der Waals surface area contributed by atoms with Crippen LogP contribution in [-0.2, 0) is 5.72 Å². The smallest absolute Gasteiger partial charge is 0.278 e. The SMILES string of the molecule is COc1ccc(N2C3=[N+](CCCCC3)CC2(O)c2ccc(OC)cc2F)cc1.[Br-]. The van der Waals surface area contributed by atoms with Crippen LogP contribution >= 0.6 is 0 Å². The van der Waals surface area contributed by atoms with E-state index in [1.54, 1.807) is 19.2 Å². The van der Waals surface area contributed by atoms with E-state index in [1.165, 1.54) is 13.2 Å². The highest BCUT2D eigenvalue weighted by molar-refractivity contribution is 5.97. The normalized spacial score (nSPS) is 21.3. The summed E-state index contributed by atoms with van der Waals surface area (Å²) < 4.78 is 27.6. The van der Waals surface area contributed by atoms with Crippen molar-refractivity contribution in [1.29, 1.82) is 0 Å². The number of amidine groups is 1. The minimum absolute atomic E-state index is 0. The third kappa shape index (κ3) is 3.85. The van der Waals surface area contributed by atoms with Gasteiger partial charge in [-0.05, 0) is 55.7 Å². The molecule has 0 aliphatic carbocycles. The van der Waals surface area contributed by atoms with Gasteiger partial charge < -0.3 is 31.6 Å². The van der Waals surface area contributed by atoms with Crippen molar-refractivity contribution in [2.45, 2.75) is 31.4 Å². The molecule has 1 atom stereocenters. The lowest BCUT2D eigenvalue weighted by Gasteiger charge is -2.29. The molecule has 29 heavy (non-hydrogen) atoms. The Morgan fingerprint density at radius 1 is 1.00 bits per heavy atom. The van der Waals surface area contributed by atoms with Crippen molar-refractivity contribution >= 4 is 11.5 Å². The summed E-state index contributed by atoms with van der Waals surface area (Å²) in [6.07, 6.45) is 4.14. The maximum atomic E-state index is 15.0. The van der Waals surface area contributed by atoms with E-state index in [-0.39, 0.29) is 22.5 Å². The largest absolute Gasteiger partial charge is 1.00 e. The lowest BCUT2D eigenvalue weighted by molar-refractivity contribution is -0.534. The lowest BCUT2D eigenvalue weighted by atomic mass is 9.99. The number of anilines is 1. The molecule has 0 bridgehead atoms. The van der Waals surface area contributed by atoms with Gasteiger partial charge in [0.15, 0.2) is 6.54 Å². The van der Waals surface area contributed by atoms with E-state index < -0.39 is 11.5 Å². The van der Waals surface area contributed by atoms with Crippen LogP contribution in [0.1, 0.15) is 31.2 Å². The summed E-state index contributed by atoms with van der Waals surface area (Å²) in [5.41, 5.74) is -0.417. The molecule has 0 radical (unpaired) electrons. The van der Waals surface area contributed by atoms with E-state index in [1.807, 2.05) is 29.2 Å². The first-order valence-electron chi connectivity index (χ1n) is 9.68. The van der Waals surface area contributed by atoms with Crippen molar-refractivity contribution in [1.82, 2.24) is 0 Å². The third-order valence-corrected chi connectivity index (χ3v) is 5.67. The Labute approximate surface area is 181 Å². The summed E-state index contributed by atoms with van der Waals surface area (Å²) in [6.45, 7) is 1.19. The van der Waals surface area contributed by atoms with E-state index >= 15 is 0 Å². The van der Waals surface area contributed by atoms with Gasteiger partial charge in [0.05, 0.1) is 26.3 Å². The van der Waals surface area contributed by atoms with Gasteiger partial charge in [0.2, 0.25) is 0 Å². The molecule has 0 amide bonds. The molecule has 0 fully saturated rings. The zero-order chi connectivity index (χ0) is 19.7. The monoisotopic (exact) mass is 464 g/mol. The van der Waals surface area contributed by atoms with Crippen LogP contribution < -0.4 is 31.4 Å². The molecule has 1 unspecified atom stereocenters. The van der Waals surface area contributed by atoms with Crippen molar-refractivity contribution < 1.29 is 40.5 Å². The van der Waals surface area contributed by atoms with Gasteiger partial charge in [0.25, 0.3) is 11.6 Å². The van der Waals surface area contributed by atoms with Crippen molar-refractivity contribution in [3.05, 3.63) is 53.8 Å². The molecule has 2 aliphatic rings. The molecule has 2 aromatic rings. The van der Waals surface area contributed by atoms with Crippen LogP contribution in [0.5, 0.6) is 11.5 Å². The van der Waals surface area contributed by atoms with Gasteiger partial charge in [0, 0.05) is 12.5 Å². The zero-order valence-corrected chi connectivity index (χ0v) is 18.3. The molecule has 156 valence electrons. The van der Waals surface area contributed by atoms with Crippen LogP contribution in [0.2, 0.25) is 0 Å². The van der Waals surface area contributed by atoms with Crippen molar-refractivity contribution in [3.63, 3.8) is 0 Å². The summed E-state index contributed by atoms with van der Waals surface area (Å²) in [5.74, 6) is 1.74. The van der Waals surface area contributed by atoms with Gasteiger partial charge in [-0.2, -0.15) is 4.90 Å². The van der Waals surface area contributed by atoms with E-state index in [9.17, 15) is 9.50 Å². The van der Waals surface area contributed by atoms with E-state index in [2.05, 4.69) is 4.58 Å². The van der Waals surface area contributed by atoms with E-state index in [0.29, 0.717) is 12.3 Å². The van der Waals surface area contributed by atoms with Crippen LogP contribution in [0, 0.1) is 5.82 Å². The standard InChI is InChI=1S/C22H26FN2O3.BrH/c1-27-17-9-7-16(8-10-17)25-21-6-4-3-5-13-24(21)15-22(25,26)19-12-11-18(28-2)14-20(19)23;/h7-12,14,26H,3-6,13,15H2,1-2H3;1H/q+1;/p-1. The second kappa shape index (κ2) is 8.71. The number of methoxy groups -OCH3 is 2. The van der Waals surface area contributed by atoms with Gasteiger partial charge in [0.1, 0.15) is 23.0 Å². The number of rotatable bonds is 4. The summed E-state index contributed by atoms with van der Waals surface area (Å²) in [6, 6.07) is 12.2. The molecule has 0 spiro atoms. The molecule has 4 rings (SSSR count). The fourth-order valence-corrected chi connectivity index (χ4v) is 4.27. The lowest BCUT2D eigenvalue weighted by Crippen LogP contribution is -3.00. The minimum atomic E-state index is -1.49. The number of hydrogen-bond acceptors (Lipinski definition) is 4. The van der Waals surface area contributed by atoms with Crippen molar-refractivity contribution in [3.8, 4) is 11.5 Å². The second-order valence-electron chi connectivity index (χ2n) is 7.34. The Balaban J connectivity index is 0.00000240. The molecule has 0 aromatic heterocycles. The molecular weight excluding hydrogens is 439 g/mol. The quantitative estimate of drug-likeness (QED) is 0.669. The van der Waals surface area contributed by atoms with Gasteiger partial charge in [-0.3, -0.25) is 4.58 Å². The highest BCUT2D eigenvalue weighted by Gasteiger charge is 2.55. The van der Waals surface area contributed by atoms with Crippen LogP contribution in [-0.4, -0.2) is 42.8 Å². The van der Waals surface area contributed by atoms with Gasteiger partial charge in [-0.1, -0.05) is 0 Å². The van der Waals surface area contributed by atoms with Crippen LogP contribution in [0.15, 0.2) is 42.5 Å². The maximum absolute atomic E-state index is 15.0. The predicted octanol–water partition coefficient (Wildman–Crippen LogP) is 0.497. The Kier molecular flexibility index (Phi) is 6.49. The number of nitrogens with zero attached hydrogens (tertiary/aromatic N) is 2. The van der Waals surface area contributed by atoms with E-state index in [0.717, 1.165) is 49.5 Å². The highest BCUT2D eigenvalue weighted by Crippen LogP contribution is 2.39. The second-order valence-corrected chi connectivity index (χ2v) is 7.34. The predicted molar refractivity (Wildman–Crippen MR) is 106 cm³/mol. The molecule has 7 heteroatoms. The maximum Gasteiger partial charge on any atom is 0.278 e. The van der Waals surface area contributed by atoms with Crippen molar-refractivity contribution in [2.24, 2.45) is 0 Å². The number of halogens is 2. The summed E-state index contributed by atoms with van der Waals surface area (Å²) in [5, 5.41) is 11.8. The fraction of sp³-hybridized carbons (Fsp3) is 0.409. The Bertz CT molecular complexity index is 903. The zero-order valence-electron chi connectivity index (χ0n) is 16.7. The Morgan fingerprint density at radius 2 is 1.69 bits per heavy atom. The summed E-state index contributed by atoms with van der Waals surface area (Å²) in [4.78, 5) is 1.89. The molecule has 0 saturated heterocycles. The molecule has 0 saturated carbocycles. The minimum Gasteiger partial charge on any atom is -1.00 e. The number of aliphatic hydroxyl groups is 1. The molecule has 2 heterocycles. The fourth-order valence-electron chi connectivity index (χ4n) is 4.27. The number of ether oxygens (including phenoxy) is 2. The topological polar surface area (TPSA) is 44.9 Å². The molecule has 5 nitrogen and oxygen atoms in total. The summed E-state index contributed by atoms with van der Waals surface area (Å²) in [7, 11) is 3.12. The molecule has 1 N–H and O–H groups in total. The van der Waals surface area contributed by atoms with Crippen LogP contribution in [0.25, 0.3) is 0 Å². The number of benzene rings is 2. The van der Waals surface area contributed by atoms with Crippen LogP contribution in [0.4, 0.5) is 10.1 Å². The third-order valence-electron chi connectivity index (χ3n) is 5.67. The van der Waals surface area contributed by atoms with Gasteiger partial charge in [-0.25, -0.2) is 4.39 Å². The highest BCUT2D eigenvalue weighted by atomic mass is 79.9. The molecule has 2 aliphatic heterocycles. The van der Waals surface area contributed by atoms with Crippen LogP contribution in [0.3, 0.4) is 0 Å².